The molecule has 0 radical (unpaired) electrons. The number of thioether (sulfide) groups is 1. The van der Waals surface area contributed by atoms with Gasteiger partial charge in [0.25, 0.3) is 0 Å². The summed E-state index contributed by atoms with van der Waals surface area (Å²) in [5.41, 5.74) is 7.14. The summed E-state index contributed by atoms with van der Waals surface area (Å²) >= 11 is 4.99. The van der Waals surface area contributed by atoms with Crippen LogP contribution in [0.25, 0.3) is 0 Å². The zero-order valence-electron chi connectivity index (χ0n) is 26.4. The summed E-state index contributed by atoms with van der Waals surface area (Å²) in [5.74, 6) is 3.98. The minimum Gasteiger partial charge on any atom is -0.352 e. The normalized spacial score (nSPS) is 33.4. The van der Waals surface area contributed by atoms with Gasteiger partial charge >= 0.3 is 0 Å². The van der Waals surface area contributed by atoms with Crippen LogP contribution in [0.4, 0.5) is 11.4 Å². The van der Waals surface area contributed by atoms with Crippen molar-refractivity contribution in [2.75, 3.05) is 22.6 Å². The Balaban J connectivity index is 1.46. The number of allylic oxidation sites excluding steroid dienone is 9. The van der Waals surface area contributed by atoms with Crippen molar-refractivity contribution in [3.05, 3.63) is 108 Å². The van der Waals surface area contributed by atoms with Crippen molar-refractivity contribution in [2.24, 2.45) is 29.6 Å². The van der Waals surface area contributed by atoms with E-state index in [1.165, 1.54) is 40.3 Å². The van der Waals surface area contributed by atoms with Crippen LogP contribution < -0.4 is 9.80 Å². The van der Waals surface area contributed by atoms with Crippen LogP contribution in [0, 0.1) is 29.6 Å². The average molecular weight is 705 g/mol. The number of nitrogens with zero attached hydrogens (tertiary/aromatic N) is 2. The van der Waals surface area contributed by atoms with Gasteiger partial charge < -0.3 is 9.80 Å². The van der Waals surface area contributed by atoms with Gasteiger partial charge in [0, 0.05) is 28.1 Å². The number of hydrogen-bond acceptors (Lipinski definition) is 3. The average Bonchev–Trinajstić information content (AvgIpc) is 3.32. The lowest BCUT2D eigenvalue weighted by Crippen LogP contribution is -2.59. The van der Waals surface area contributed by atoms with Crippen LogP contribution >= 0.6 is 34.4 Å². The highest BCUT2D eigenvalue weighted by molar-refractivity contribution is 14.1. The van der Waals surface area contributed by atoms with E-state index in [0.29, 0.717) is 44.9 Å². The van der Waals surface area contributed by atoms with Crippen LogP contribution in [-0.4, -0.2) is 34.2 Å². The lowest BCUT2D eigenvalue weighted by Gasteiger charge is -2.52. The Kier molecular flexibility index (Phi) is 9.83. The first-order valence-corrected chi connectivity index (χ1v) is 18.8. The Hall–Kier alpha value is -1.92. The van der Waals surface area contributed by atoms with Crippen LogP contribution in [0.5, 0.6) is 0 Å². The molecule has 5 aliphatic rings. The van der Waals surface area contributed by atoms with Crippen LogP contribution in [0.15, 0.2) is 108 Å². The molecule has 0 saturated carbocycles. The quantitative estimate of drug-likeness (QED) is 0.151. The second-order valence-electron chi connectivity index (χ2n) is 13.3. The van der Waals surface area contributed by atoms with Gasteiger partial charge in [-0.05, 0) is 84.5 Å². The zero-order valence-corrected chi connectivity index (χ0v) is 29.4. The number of alkyl halides is 1. The Morgan fingerprint density at radius 1 is 1.05 bits per heavy atom. The van der Waals surface area contributed by atoms with E-state index >= 15 is 0 Å². The molecule has 1 saturated heterocycles. The summed E-state index contributed by atoms with van der Waals surface area (Å²) in [4.78, 5) is 5.53. The van der Waals surface area contributed by atoms with Gasteiger partial charge in [-0.1, -0.05) is 116 Å². The second-order valence-corrected chi connectivity index (χ2v) is 16.3. The number of hydrogen-bond donors (Lipinski definition) is 0. The maximum absolute atomic E-state index is 4.10. The van der Waals surface area contributed by atoms with E-state index in [2.05, 4.69) is 164 Å². The van der Waals surface area contributed by atoms with Crippen molar-refractivity contribution in [2.45, 2.75) is 74.3 Å². The van der Waals surface area contributed by atoms with E-state index in [1.807, 2.05) is 0 Å². The molecular formula is C39H49IN2S. The van der Waals surface area contributed by atoms with Gasteiger partial charge in [0.05, 0.1) is 17.4 Å². The van der Waals surface area contributed by atoms with Crippen LogP contribution in [-0.2, 0) is 0 Å². The third-order valence-corrected chi connectivity index (χ3v) is 13.5. The molecule has 7 unspecified atom stereocenters. The van der Waals surface area contributed by atoms with E-state index in [4.69, 9.17) is 0 Å². The van der Waals surface area contributed by atoms with E-state index in [9.17, 15) is 0 Å². The first-order chi connectivity index (χ1) is 20.9. The van der Waals surface area contributed by atoms with Crippen LogP contribution in [0.1, 0.15) is 52.9 Å². The van der Waals surface area contributed by atoms with Crippen LogP contribution in [0.3, 0.4) is 0 Å². The van der Waals surface area contributed by atoms with Crippen molar-refractivity contribution in [1.29, 1.82) is 0 Å². The molecule has 9 atom stereocenters. The number of benzene rings is 1. The third kappa shape index (κ3) is 6.04. The van der Waals surface area contributed by atoms with Gasteiger partial charge in [-0.3, -0.25) is 0 Å². The van der Waals surface area contributed by atoms with Gasteiger partial charge in [0.1, 0.15) is 6.17 Å². The number of fused-ring (bicyclic) bond motifs is 1. The van der Waals surface area contributed by atoms with Gasteiger partial charge in [0.15, 0.2) is 0 Å². The molecule has 0 bridgehead atoms. The summed E-state index contributed by atoms with van der Waals surface area (Å²) < 4.78 is 0.654. The first kappa shape index (κ1) is 31.1. The Morgan fingerprint density at radius 2 is 1.79 bits per heavy atom. The summed E-state index contributed by atoms with van der Waals surface area (Å²) in [6.45, 7) is 11.5. The molecule has 3 aliphatic carbocycles. The van der Waals surface area contributed by atoms with Gasteiger partial charge in [-0.25, -0.2) is 0 Å². The maximum atomic E-state index is 4.10. The Labute approximate surface area is 279 Å². The fraction of sp³-hybridized carbons (Fsp3) is 0.487. The smallest absolute Gasteiger partial charge is 0.106 e. The van der Waals surface area contributed by atoms with E-state index in [-0.39, 0.29) is 6.04 Å². The standard InChI is InChI=1S/C39H49IN2S/c1-6-26(2)24-34(40)33-25-43-28(4)37(27(33)3)39-41(5)35-22-13-14-23-36(35)42(39)38-31(29-16-9-7-10-17-29)20-15-21-32(38)30-18-11-8-12-19-30/h6,9,11,13-23,26-28,31,33-34,37-39H,1,7-8,10,12,24-25H2,2-5H3/t26?,27-,28?,31?,33-,34?,37?,38?,39?/m0/s1. The molecule has 43 heavy (non-hydrogen) atoms. The number of rotatable bonds is 8. The molecule has 1 aromatic rings. The fourth-order valence-electron chi connectivity index (χ4n) is 8.29. The molecule has 4 heteroatoms. The largest absolute Gasteiger partial charge is 0.352 e. The lowest BCUT2D eigenvalue weighted by molar-refractivity contribution is 0.202. The highest BCUT2D eigenvalue weighted by Gasteiger charge is 2.51. The molecule has 0 aromatic heterocycles. The number of anilines is 2. The molecule has 228 valence electrons. The topological polar surface area (TPSA) is 6.48 Å². The van der Waals surface area contributed by atoms with E-state index in [0.717, 1.165) is 25.7 Å². The molecule has 1 aromatic carbocycles. The summed E-state index contributed by atoms with van der Waals surface area (Å²) in [7, 11) is 2.37. The highest BCUT2D eigenvalue weighted by atomic mass is 127. The van der Waals surface area contributed by atoms with E-state index < -0.39 is 0 Å². The van der Waals surface area contributed by atoms with E-state index in [1.54, 1.807) is 0 Å². The van der Waals surface area contributed by atoms with Gasteiger partial charge in [-0.15, -0.1) is 6.58 Å². The molecule has 6 rings (SSSR count). The van der Waals surface area contributed by atoms with Crippen molar-refractivity contribution in [3.8, 4) is 0 Å². The fourth-order valence-corrected chi connectivity index (χ4v) is 12.0. The van der Waals surface area contributed by atoms with Crippen LogP contribution in [0.2, 0.25) is 0 Å². The summed E-state index contributed by atoms with van der Waals surface area (Å²) in [6, 6.07) is 9.47. The lowest BCUT2D eigenvalue weighted by atomic mass is 9.74. The molecular weight excluding hydrogens is 655 g/mol. The monoisotopic (exact) mass is 704 g/mol. The molecule has 0 amide bonds. The van der Waals surface area contributed by atoms with Gasteiger partial charge in [-0.2, -0.15) is 11.8 Å². The number of halogens is 1. The van der Waals surface area contributed by atoms with Crippen molar-refractivity contribution in [1.82, 2.24) is 0 Å². The molecule has 0 spiro atoms. The number of para-hydroxylation sites is 2. The minimum atomic E-state index is 0.241. The van der Waals surface area contributed by atoms with Crippen molar-refractivity contribution in [3.63, 3.8) is 0 Å². The molecule has 2 nitrogen and oxygen atoms in total. The molecule has 1 fully saturated rings. The Morgan fingerprint density at radius 3 is 2.49 bits per heavy atom. The summed E-state index contributed by atoms with van der Waals surface area (Å²) in [6.07, 6.45) is 30.0. The first-order valence-electron chi connectivity index (χ1n) is 16.5. The molecule has 0 N–H and O–H groups in total. The maximum Gasteiger partial charge on any atom is 0.106 e. The predicted octanol–water partition coefficient (Wildman–Crippen LogP) is 10.3. The second kappa shape index (κ2) is 13.6. The predicted molar refractivity (Wildman–Crippen MR) is 198 cm³/mol. The summed E-state index contributed by atoms with van der Waals surface area (Å²) in [5, 5.41) is 0.587. The highest BCUT2D eigenvalue weighted by Crippen LogP contribution is 2.53. The third-order valence-electron chi connectivity index (χ3n) is 10.7. The zero-order chi connectivity index (χ0) is 30.1. The molecule has 2 aliphatic heterocycles. The van der Waals surface area contributed by atoms with Crippen molar-refractivity contribution >= 4 is 45.7 Å². The van der Waals surface area contributed by atoms with Crippen molar-refractivity contribution < 1.29 is 0 Å². The SMILES string of the molecule is C=CC(C)CC(I)[C@H]1CSC(C)C(C2N(C)c3ccccc3N2C2C(C3=CCCC=C3)=CC=CC2C2=CCCC=C2)[C@H]1C. The Bertz CT molecular complexity index is 1370. The molecule has 2 heterocycles. The minimum absolute atomic E-state index is 0.241. The van der Waals surface area contributed by atoms with Gasteiger partial charge in [0.2, 0.25) is 0 Å².